The van der Waals surface area contributed by atoms with Crippen molar-refractivity contribution in [3.8, 4) is 0 Å². The van der Waals surface area contributed by atoms with Crippen molar-refractivity contribution in [1.29, 1.82) is 0 Å². The summed E-state index contributed by atoms with van der Waals surface area (Å²) in [5.41, 5.74) is 2.31. The van der Waals surface area contributed by atoms with Crippen molar-refractivity contribution in [1.82, 2.24) is 14.5 Å². The Balaban J connectivity index is 1.86. The summed E-state index contributed by atoms with van der Waals surface area (Å²) < 4.78 is 15.3. The summed E-state index contributed by atoms with van der Waals surface area (Å²) in [6, 6.07) is 10.8. The summed E-state index contributed by atoms with van der Waals surface area (Å²) >= 11 is 0. The van der Waals surface area contributed by atoms with Gasteiger partial charge in [-0.3, -0.25) is 4.98 Å². The average Bonchev–Trinajstić information content (AvgIpc) is 2.96. The van der Waals surface area contributed by atoms with E-state index >= 15 is 0 Å². The lowest BCUT2D eigenvalue weighted by atomic mass is 9.89. The highest BCUT2D eigenvalue weighted by atomic mass is 19.1. The number of halogens is 1. The molecule has 3 rings (SSSR count). The Morgan fingerprint density at radius 2 is 1.68 bits per heavy atom. The number of nitrogens with zero attached hydrogens (tertiary/aromatic N) is 3. The second-order valence-electron chi connectivity index (χ2n) is 5.34. The van der Waals surface area contributed by atoms with E-state index < -0.39 is 0 Å². The second-order valence-corrected chi connectivity index (χ2v) is 5.34. The van der Waals surface area contributed by atoms with Gasteiger partial charge in [0.1, 0.15) is 11.6 Å². The van der Waals surface area contributed by atoms with Crippen LogP contribution in [0.1, 0.15) is 29.3 Å². The summed E-state index contributed by atoms with van der Waals surface area (Å²) in [4.78, 5) is 8.34. The van der Waals surface area contributed by atoms with Gasteiger partial charge in [0.05, 0.1) is 0 Å². The number of rotatable bonds is 5. The quantitative estimate of drug-likeness (QED) is 0.713. The molecule has 112 valence electrons. The highest BCUT2D eigenvalue weighted by Crippen LogP contribution is 2.28. The molecule has 2 aromatic heterocycles. The molecule has 3 nitrogen and oxygen atoms in total. The number of aromatic nitrogens is 3. The van der Waals surface area contributed by atoms with Crippen LogP contribution in [0.2, 0.25) is 0 Å². The number of imidazole rings is 1. The van der Waals surface area contributed by atoms with Crippen LogP contribution in [-0.2, 0) is 6.54 Å². The molecule has 22 heavy (non-hydrogen) atoms. The van der Waals surface area contributed by atoms with Crippen LogP contribution in [0.25, 0.3) is 0 Å². The smallest absolute Gasteiger partial charge is 0.123 e. The van der Waals surface area contributed by atoms with Crippen LogP contribution >= 0.6 is 0 Å². The number of benzene rings is 1. The zero-order chi connectivity index (χ0) is 15.4. The van der Waals surface area contributed by atoms with Crippen molar-refractivity contribution in [3.63, 3.8) is 0 Å². The van der Waals surface area contributed by atoms with Crippen molar-refractivity contribution in [2.45, 2.75) is 25.8 Å². The van der Waals surface area contributed by atoms with Gasteiger partial charge in [-0.2, -0.15) is 0 Å². The van der Waals surface area contributed by atoms with E-state index in [0.717, 1.165) is 24.4 Å². The van der Waals surface area contributed by atoms with Gasteiger partial charge in [0.25, 0.3) is 0 Å². The Morgan fingerprint density at radius 3 is 2.32 bits per heavy atom. The SMILES string of the molecule is Cc1nccn1CCC(c1ccncc1)c1ccc(F)cc1. The first kappa shape index (κ1) is 14.4. The van der Waals surface area contributed by atoms with Gasteiger partial charge in [-0.25, -0.2) is 9.37 Å². The minimum atomic E-state index is -0.206. The average molecular weight is 295 g/mol. The fourth-order valence-electron chi connectivity index (χ4n) is 2.72. The van der Waals surface area contributed by atoms with Gasteiger partial charge in [0, 0.05) is 37.3 Å². The molecular formula is C18H18FN3. The standard InChI is InChI=1S/C18H18FN3/c1-14-21-11-13-22(14)12-8-18(16-6-9-20-10-7-16)15-2-4-17(19)5-3-15/h2-7,9-11,13,18H,8,12H2,1H3. The van der Waals surface area contributed by atoms with E-state index in [1.165, 1.54) is 17.7 Å². The maximum absolute atomic E-state index is 13.2. The maximum atomic E-state index is 13.2. The summed E-state index contributed by atoms with van der Waals surface area (Å²) in [6.07, 6.45) is 8.33. The van der Waals surface area contributed by atoms with Gasteiger partial charge in [0.2, 0.25) is 0 Å². The van der Waals surface area contributed by atoms with Gasteiger partial charge < -0.3 is 4.57 Å². The molecule has 1 aromatic carbocycles. The van der Waals surface area contributed by atoms with Crippen LogP contribution in [0.3, 0.4) is 0 Å². The fraction of sp³-hybridized carbons (Fsp3) is 0.222. The zero-order valence-electron chi connectivity index (χ0n) is 12.5. The molecule has 0 saturated heterocycles. The Bertz CT molecular complexity index is 720. The predicted octanol–water partition coefficient (Wildman–Crippen LogP) is 3.95. The van der Waals surface area contributed by atoms with E-state index in [1.54, 1.807) is 12.4 Å². The Kier molecular flexibility index (Phi) is 4.28. The van der Waals surface area contributed by atoms with Crippen molar-refractivity contribution in [2.24, 2.45) is 0 Å². The molecule has 4 heteroatoms. The molecule has 0 aliphatic heterocycles. The van der Waals surface area contributed by atoms with Gasteiger partial charge in [-0.05, 0) is 48.7 Å². The molecule has 0 bridgehead atoms. The molecule has 0 radical (unpaired) electrons. The Labute approximate surface area is 129 Å². The monoisotopic (exact) mass is 295 g/mol. The van der Waals surface area contributed by atoms with Crippen molar-refractivity contribution in [3.05, 3.63) is 84.0 Å². The Morgan fingerprint density at radius 1 is 1.00 bits per heavy atom. The molecule has 0 spiro atoms. The van der Waals surface area contributed by atoms with Crippen molar-refractivity contribution < 1.29 is 4.39 Å². The fourth-order valence-corrected chi connectivity index (χ4v) is 2.72. The first-order chi connectivity index (χ1) is 10.7. The first-order valence-electron chi connectivity index (χ1n) is 7.37. The summed E-state index contributed by atoms with van der Waals surface area (Å²) in [6.45, 7) is 2.87. The Hall–Kier alpha value is -2.49. The van der Waals surface area contributed by atoms with Crippen LogP contribution in [0.4, 0.5) is 4.39 Å². The molecule has 0 amide bonds. The lowest BCUT2D eigenvalue weighted by molar-refractivity contribution is 0.581. The van der Waals surface area contributed by atoms with E-state index in [9.17, 15) is 4.39 Å². The molecule has 3 aromatic rings. The third-order valence-corrected chi connectivity index (χ3v) is 3.96. The predicted molar refractivity (Wildman–Crippen MR) is 84.1 cm³/mol. The van der Waals surface area contributed by atoms with Gasteiger partial charge in [-0.15, -0.1) is 0 Å². The van der Waals surface area contributed by atoms with Crippen LogP contribution in [0.5, 0.6) is 0 Å². The normalized spacial score (nSPS) is 12.3. The second kappa shape index (κ2) is 6.52. The minimum absolute atomic E-state index is 0.206. The molecule has 1 atom stereocenters. The lowest BCUT2D eigenvalue weighted by Gasteiger charge is -2.18. The van der Waals surface area contributed by atoms with Crippen molar-refractivity contribution >= 4 is 0 Å². The van der Waals surface area contributed by atoms with E-state index in [4.69, 9.17) is 0 Å². The highest BCUT2D eigenvalue weighted by molar-refractivity contribution is 5.31. The number of hydrogen-bond donors (Lipinski definition) is 0. The van der Waals surface area contributed by atoms with E-state index in [-0.39, 0.29) is 11.7 Å². The van der Waals surface area contributed by atoms with Crippen molar-refractivity contribution in [2.75, 3.05) is 0 Å². The van der Waals surface area contributed by atoms with E-state index in [1.807, 2.05) is 43.6 Å². The topological polar surface area (TPSA) is 30.7 Å². The molecule has 1 unspecified atom stereocenters. The van der Waals surface area contributed by atoms with Crippen LogP contribution in [0, 0.1) is 12.7 Å². The summed E-state index contributed by atoms with van der Waals surface area (Å²) in [7, 11) is 0. The number of aryl methyl sites for hydroxylation is 2. The zero-order valence-corrected chi connectivity index (χ0v) is 12.5. The largest absolute Gasteiger partial charge is 0.335 e. The highest BCUT2D eigenvalue weighted by Gasteiger charge is 2.14. The van der Waals surface area contributed by atoms with Crippen LogP contribution in [0.15, 0.2) is 61.2 Å². The van der Waals surface area contributed by atoms with Crippen LogP contribution < -0.4 is 0 Å². The third-order valence-electron chi connectivity index (χ3n) is 3.96. The lowest BCUT2D eigenvalue weighted by Crippen LogP contribution is -2.08. The van der Waals surface area contributed by atoms with Gasteiger partial charge in [0.15, 0.2) is 0 Å². The first-order valence-corrected chi connectivity index (χ1v) is 7.37. The number of hydrogen-bond acceptors (Lipinski definition) is 2. The third kappa shape index (κ3) is 3.22. The maximum Gasteiger partial charge on any atom is 0.123 e. The van der Waals surface area contributed by atoms with Crippen LogP contribution in [-0.4, -0.2) is 14.5 Å². The number of pyridine rings is 1. The van der Waals surface area contributed by atoms with E-state index in [2.05, 4.69) is 14.5 Å². The molecule has 2 heterocycles. The summed E-state index contributed by atoms with van der Waals surface area (Å²) in [5.74, 6) is 1.01. The molecule has 0 aliphatic carbocycles. The molecule has 0 saturated carbocycles. The molecule has 0 fully saturated rings. The minimum Gasteiger partial charge on any atom is -0.335 e. The molecule has 0 aliphatic rings. The summed E-state index contributed by atoms with van der Waals surface area (Å²) in [5, 5.41) is 0. The van der Waals surface area contributed by atoms with E-state index in [0.29, 0.717) is 0 Å². The molecular weight excluding hydrogens is 277 g/mol. The molecule has 0 N–H and O–H groups in total. The van der Waals surface area contributed by atoms with Gasteiger partial charge in [-0.1, -0.05) is 12.1 Å². The van der Waals surface area contributed by atoms with Gasteiger partial charge >= 0.3 is 0 Å².